The topological polar surface area (TPSA) is 139 Å². The Labute approximate surface area is 162 Å². The summed E-state index contributed by atoms with van der Waals surface area (Å²) in [5.41, 5.74) is 5.62. The lowest BCUT2D eigenvalue weighted by Gasteiger charge is -2.49. The van der Waals surface area contributed by atoms with Gasteiger partial charge >= 0.3 is 11.9 Å². The van der Waals surface area contributed by atoms with Crippen LogP contribution in [0, 0.1) is 0 Å². The van der Waals surface area contributed by atoms with Crippen LogP contribution in [-0.2, 0) is 30.3 Å². The minimum absolute atomic E-state index is 0.149. The molecule has 2 amide bonds. The van der Waals surface area contributed by atoms with Gasteiger partial charge in [-0.25, -0.2) is 4.79 Å². The molecule has 144 valence electrons. The number of β-lactam (4-membered cyclic amide) rings is 1. The first-order valence-electron chi connectivity index (χ1n) is 7.95. The van der Waals surface area contributed by atoms with Crippen molar-refractivity contribution in [2.75, 3.05) is 5.75 Å². The summed E-state index contributed by atoms with van der Waals surface area (Å²) in [4.78, 5) is 49.4. The van der Waals surface area contributed by atoms with Gasteiger partial charge in [0.25, 0.3) is 5.91 Å². The number of amides is 2. The summed E-state index contributed by atoms with van der Waals surface area (Å²) < 4.78 is 4.86. The Morgan fingerprint density at radius 2 is 2.22 bits per heavy atom. The van der Waals surface area contributed by atoms with E-state index in [1.807, 2.05) is 17.5 Å². The molecule has 0 aromatic carbocycles. The van der Waals surface area contributed by atoms with E-state index in [1.54, 1.807) is 0 Å². The van der Waals surface area contributed by atoms with Gasteiger partial charge in [0.05, 0.1) is 6.42 Å². The number of esters is 1. The van der Waals surface area contributed by atoms with Crippen molar-refractivity contribution in [1.82, 2.24) is 10.2 Å². The molecule has 2 aliphatic heterocycles. The van der Waals surface area contributed by atoms with Crippen molar-refractivity contribution < 1.29 is 29.0 Å². The summed E-state index contributed by atoms with van der Waals surface area (Å²) in [6.07, 6.45) is -1.09. The Morgan fingerprint density at radius 1 is 1.48 bits per heavy atom. The highest BCUT2D eigenvalue weighted by Crippen LogP contribution is 2.41. The molecule has 1 unspecified atom stereocenters. The quantitative estimate of drug-likeness (QED) is 0.334. The van der Waals surface area contributed by atoms with Gasteiger partial charge in [0.1, 0.15) is 17.1 Å². The number of carbonyl (C=O) groups excluding carboxylic acids is 3. The van der Waals surface area contributed by atoms with Crippen molar-refractivity contribution in [2.45, 2.75) is 31.0 Å². The fourth-order valence-electron chi connectivity index (χ4n) is 2.91. The molecule has 0 bridgehead atoms. The van der Waals surface area contributed by atoms with Gasteiger partial charge in [0.2, 0.25) is 5.91 Å². The van der Waals surface area contributed by atoms with Crippen LogP contribution in [0.1, 0.15) is 11.8 Å². The standard InChI is InChI=1S/C16H17N3O6S2/c1-7(20)25-13(17)9-6-27-15-11(14(22)19(15)12(9)16(23)24)18-10(21)5-8-3-2-4-26-8/h2-4,11,13,15H,5-6,17H2,1H3,(H,18,21)(H,23,24)/t11-,13?,15+/m0/s1. The molecule has 1 aromatic rings. The summed E-state index contributed by atoms with van der Waals surface area (Å²) in [7, 11) is 0. The number of thioether (sulfide) groups is 1. The molecule has 27 heavy (non-hydrogen) atoms. The third-order valence-corrected chi connectivity index (χ3v) is 6.25. The fraction of sp³-hybridized carbons (Fsp3) is 0.375. The molecule has 1 fully saturated rings. The van der Waals surface area contributed by atoms with Crippen molar-refractivity contribution in [1.29, 1.82) is 0 Å². The summed E-state index contributed by atoms with van der Waals surface area (Å²) in [5, 5.41) is 13.5. The van der Waals surface area contributed by atoms with Crippen molar-refractivity contribution >= 4 is 46.9 Å². The van der Waals surface area contributed by atoms with Gasteiger partial charge in [-0.3, -0.25) is 25.0 Å². The smallest absolute Gasteiger partial charge is 0.352 e. The van der Waals surface area contributed by atoms with Crippen LogP contribution < -0.4 is 11.1 Å². The number of rotatable bonds is 6. The van der Waals surface area contributed by atoms with Crippen LogP contribution in [0.15, 0.2) is 28.8 Å². The minimum atomic E-state index is -1.34. The largest absolute Gasteiger partial charge is 0.477 e. The highest BCUT2D eigenvalue weighted by molar-refractivity contribution is 8.00. The van der Waals surface area contributed by atoms with Crippen LogP contribution in [0.25, 0.3) is 0 Å². The van der Waals surface area contributed by atoms with Crippen molar-refractivity contribution in [3.8, 4) is 0 Å². The molecule has 3 atom stereocenters. The number of hydrogen-bond donors (Lipinski definition) is 3. The average molecular weight is 411 g/mol. The van der Waals surface area contributed by atoms with E-state index in [2.05, 4.69) is 5.32 Å². The van der Waals surface area contributed by atoms with E-state index < -0.39 is 35.5 Å². The second-order valence-electron chi connectivity index (χ2n) is 5.92. The Bertz CT molecular complexity index is 822. The highest BCUT2D eigenvalue weighted by atomic mass is 32.2. The molecule has 4 N–H and O–H groups in total. The van der Waals surface area contributed by atoms with Gasteiger partial charge in [0.15, 0.2) is 6.23 Å². The molecule has 1 saturated heterocycles. The van der Waals surface area contributed by atoms with E-state index in [9.17, 15) is 24.3 Å². The maximum Gasteiger partial charge on any atom is 0.352 e. The number of hydrogen-bond acceptors (Lipinski definition) is 8. The number of thiophene rings is 1. The number of nitrogens with one attached hydrogen (secondary N) is 1. The summed E-state index contributed by atoms with van der Waals surface area (Å²) in [6, 6.07) is 2.85. The van der Waals surface area contributed by atoms with Gasteiger partial charge < -0.3 is 15.2 Å². The number of carboxylic acids is 1. The highest BCUT2D eigenvalue weighted by Gasteiger charge is 2.54. The van der Waals surface area contributed by atoms with E-state index in [0.29, 0.717) is 0 Å². The van der Waals surface area contributed by atoms with Crippen LogP contribution in [0.3, 0.4) is 0 Å². The lowest BCUT2D eigenvalue weighted by molar-refractivity contribution is -0.151. The Kier molecular flexibility index (Phi) is 5.53. The Hall–Kier alpha value is -2.37. The molecule has 11 heteroatoms. The van der Waals surface area contributed by atoms with E-state index >= 15 is 0 Å². The normalized spacial score (nSPS) is 22.6. The monoisotopic (exact) mass is 411 g/mol. The number of carboxylic acid groups (broad SMARTS) is 1. The summed E-state index contributed by atoms with van der Waals surface area (Å²) in [5.74, 6) is -2.66. The first-order chi connectivity index (χ1) is 12.8. The number of ether oxygens (including phenoxy) is 1. The predicted molar refractivity (Wildman–Crippen MR) is 97.4 cm³/mol. The molecule has 0 saturated carbocycles. The summed E-state index contributed by atoms with van der Waals surface area (Å²) in [6.45, 7) is 1.16. The van der Waals surface area contributed by atoms with Crippen LogP contribution in [0.5, 0.6) is 0 Å². The zero-order valence-electron chi connectivity index (χ0n) is 14.2. The SMILES string of the molecule is CC(=O)OC(N)C1=C(C(=O)O)N2C(=O)[C@H](NC(=O)Cc3cccs3)[C@H]2SC1. The number of carbonyl (C=O) groups is 4. The van der Waals surface area contributed by atoms with Crippen molar-refractivity contribution in [3.63, 3.8) is 0 Å². The molecular formula is C16H17N3O6S2. The zero-order chi connectivity index (χ0) is 19.7. The predicted octanol–water partition coefficient (Wildman–Crippen LogP) is -0.123. The molecule has 0 radical (unpaired) electrons. The summed E-state index contributed by atoms with van der Waals surface area (Å²) >= 11 is 2.70. The molecule has 1 aromatic heterocycles. The van der Waals surface area contributed by atoms with E-state index in [-0.39, 0.29) is 29.4 Å². The molecule has 2 aliphatic rings. The molecule has 0 spiro atoms. The van der Waals surface area contributed by atoms with Crippen LogP contribution >= 0.6 is 23.1 Å². The third-order valence-electron chi connectivity index (χ3n) is 4.07. The first-order valence-corrected chi connectivity index (χ1v) is 9.88. The average Bonchev–Trinajstić information content (AvgIpc) is 3.10. The Balaban J connectivity index is 1.74. The fourth-order valence-corrected chi connectivity index (χ4v) is 5.00. The van der Waals surface area contributed by atoms with Gasteiger partial charge in [-0.2, -0.15) is 0 Å². The number of nitrogens with two attached hydrogens (primary N) is 1. The maximum absolute atomic E-state index is 12.5. The van der Waals surface area contributed by atoms with Crippen molar-refractivity contribution in [3.05, 3.63) is 33.7 Å². The van der Waals surface area contributed by atoms with Crippen LogP contribution in [0.2, 0.25) is 0 Å². The third kappa shape index (κ3) is 3.84. The lowest BCUT2D eigenvalue weighted by Crippen LogP contribution is -2.71. The molecule has 3 heterocycles. The lowest BCUT2D eigenvalue weighted by atomic mass is 10.0. The molecule has 9 nitrogen and oxygen atoms in total. The molecular weight excluding hydrogens is 394 g/mol. The number of aliphatic carboxylic acids is 1. The van der Waals surface area contributed by atoms with E-state index in [1.165, 1.54) is 23.1 Å². The maximum atomic E-state index is 12.5. The van der Waals surface area contributed by atoms with Crippen molar-refractivity contribution in [2.24, 2.45) is 5.73 Å². The van der Waals surface area contributed by atoms with Gasteiger partial charge in [-0.15, -0.1) is 23.1 Å². The van der Waals surface area contributed by atoms with Gasteiger partial charge in [-0.05, 0) is 11.4 Å². The van der Waals surface area contributed by atoms with Gasteiger partial charge in [0, 0.05) is 23.1 Å². The second-order valence-corrected chi connectivity index (χ2v) is 8.06. The molecule has 3 rings (SSSR count). The zero-order valence-corrected chi connectivity index (χ0v) is 15.8. The van der Waals surface area contributed by atoms with Crippen LogP contribution in [0.4, 0.5) is 0 Å². The van der Waals surface area contributed by atoms with E-state index in [4.69, 9.17) is 10.5 Å². The second kappa shape index (κ2) is 7.71. The molecule has 0 aliphatic carbocycles. The first kappa shape index (κ1) is 19.4. The number of fused-ring (bicyclic) bond motifs is 1. The van der Waals surface area contributed by atoms with Crippen LogP contribution in [-0.4, -0.2) is 57.2 Å². The minimum Gasteiger partial charge on any atom is -0.477 e. The van der Waals surface area contributed by atoms with E-state index in [0.717, 1.165) is 16.7 Å². The van der Waals surface area contributed by atoms with Gasteiger partial charge in [-0.1, -0.05) is 6.07 Å². The number of nitrogens with zero attached hydrogens (tertiary/aromatic N) is 1. The Morgan fingerprint density at radius 3 is 2.81 bits per heavy atom.